The highest BCUT2D eigenvalue weighted by atomic mass is 16.5. The van der Waals surface area contributed by atoms with E-state index >= 15 is 0 Å². The highest BCUT2D eigenvalue weighted by Crippen LogP contribution is 2.14. The van der Waals surface area contributed by atoms with Gasteiger partial charge in [-0.2, -0.15) is 0 Å². The topological polar surface area (TPSA) is 141 Å². The summed E-state index contributed by atoms with van der Waals surface area (Å²) in [4.78, 5) is 39.1. The van der Waals surface area contributed by atoms with E-state index in [9.17, 15) is 19.5 Å². The Balaban J connectivity index is 2.11. The number of amidine groups is 1. The molecule has 1 atom stereocenters. The van der Waals surface area contributed by atoms with Gasteiger partial charge >= 0.3 is 6.09 Å². The van der Waals surface area contributed by atoms with Gasteiger partial charge in [-0.1, -0.05) is 24.3 Å². The molecule has 0 saturated carbocycles. The Bertz CT molecular complexity index is 775. The van der Waals surface area contributed by atoms with E-state index in [4.69, 9.17) is 14.9 Å². The Morgan fingerprint density at radius 2 is 1.77 bits per heavy atom. The molecule has 1 unspecified atom stereocenters. The molecule has 2 rings (SSSR count). The number of rotatable bonds is 9. The number of alkyl carbamates (subject to hydrolysis) is 1. The zero-order valence-electron chi connectivity index (χ0n) is 17.8. The molecule has 10 heteroatoms. The van der Waals surface area contributed by atoms with Crippen molar-refractivity contribution in [3.05, 3.63) is 35.4 Å². The van der Waals surface area contributed by atoms with Crippen molar-refractivity contribution in [2.45, 2.75) is 31.9 Å². The molecule has 1 aliphatic heterocycles. The number of ether oxygens (including phenoxy) is 2. The average Bonchev–Trinajstić information content (AvgIpc) is 2.76. The molecule has 1 aliphatic rings. The van der Waals surface area contributed by atoms with Crippen LogP contribution in [0.5, 0.6) is 0 Å². The minimum absolute atomic E-state index is 0.163. The first-order valence-electron chi connectivity index (χ1n) is 10.2. The van der Waals surface area contributed by atoms with Crippen LogP contribution in [-0.2, 0) is 19.4 Å². The maximum absolute atomic E-state index is 13.1. The first-order chi connectivity index (χ1) is 14.9. The van der Waals surface area contributed by atoms with Crippen molar-refractivity contribution in [3.8, 4) is 0 Å². The van der Waals surface area contributed by atoms with Crippen LogP contribution in [-0.4, -0.2) is 80.6 Å². The third-order valence-electron chi connectivity index (χ3n) is 4.88. The number of methoxy groups -OCH3 is 1. The van der Waals surface area contributed by atoms with Crippen molar-refractivity contribution in [1.82, 2.24) is 15.5 Å². The van der Waals surface area contributed by atoms with E-state index in [1.54, 1.807) is 11.8 Å². The number of carbonyl (C=O) groups is 3. The molecule has 1 heterocycles. The van der Waals surface area contributed by atoms with Crippen LogP contribution in [0.2, 0.25) is 0 Å². The van der Waals surface area contributed by atoms with E-state index in [1.807, 2.05) is 0 Å². The zero-order valence-corrected chi connectivity index (χ0v) is 17.8. The normalized spacial score (nSPS) is 15.3. The SMILES string of the molecule is CCOC(=O)NC(=N)c1ccc(C(=O)C(NCCOC)C(=O)N2CCC([O])CC2)cc1. The van der Waals surface area contributed by atoms with Crippen LogP contribution in [0.1, 0.15) is 35.7 Å². The lowest BCUT2D eigenvalue weighted by Crippen LogP contribution is -2.53. The smallest absolute Gasteiger partial charge is 0.412 e. The molecule has 169 valence electrons. The zero-order chi connectivity index (χ0) is 22.8. The lowest BCUT2D eigenvalue weighted by Gasteiger charge is -2.31. The molecule has 2 amide bonds. The summed E-state index contributed by atoms with van der Waals surface area (Å²) in [6, 6.07) is 4.94. The summed E-state index contributed by atoms with van der Waals surface area (Å²) < 4.78 is 9.74. The Morgan fingerprint density at radius 1 is 1.16 bits per heavy atom. The predicted octanol–water partition coefficient (Wildman–Crippen LogP) is 0.967. The number of amides is 2. The second-order valence-electron chi connectivity index (χ2n) is 7.07. The van der Waals surface area contributed by atoms with Crippen LogP contribution < -0.4 is 10.6 Å². The van der Waals surface area contributed by atoms with Gasteiger partial charge < -0.3 is 14.4 Å². The molecular formula is C21H29N4O6. The average molecular weight is 433 g/mol. The molecule has 0 aromatic heterocycles. The monoisotopic (exact) mass is 433 g/mol. The molecule has 0 spiro atoms. The number of piperidine rings is 1. The molecule has 1 fully saturated rings. The Hall–Kier alpha value is -2.82. The van der Waals surface area contributed by atoms with Crippen molar-refractivity contribution in [3.63, 3.8) is 0 Å². The van der Waals surface area contributed by atoms with Crippen LogP contribution in [0.3, 0.4) is 0 Å². The molecule has 1 radical (unpaired) electrons. The van der Waals surface area contributed by atoms with E-state index in [-0.39, 0.29) is 23.9 Å². The van der Waals surface area contributed by atoms with Crippen LogP contribution >= 0.6 is 0 Å². The lowest BCUT2D eigenvalue weighted by molar-refractivity contribution is -0.134. The largest absolute Gasteiger partial charge is 0.450 e. The van der Waals surface area contributed by atoms with Crippen LogP contribution in [0.4, 0.5) is 4.79 Å². The molecule has 1 saturated heterocycles. The quantitative estimate of drug-likeness (QED) is 0.174. The maximum Gasteiger partial charge on any atom is 0.412 e. The lowest BCUT2D eigenvalue weighted by atomic mass is 9.99. The van der Waals surface area contributed by atoms with Gasteiger partial charge in [0, 0.05) is 37.9 Å². The van der Waals surface area contributed by atoms with Gasteiger partial charge in [-0.05, 0) is 19.8 Å². The summed E-state index contributed by atoms with van der Waals surface area (Å²) in [5, 5.41) is 24.7. The van der Waals surface area contributed by atoms with Crippen molar-refractivity contribution in [2.75, 3.05) is 40.0 Å². The number of benzene rings is 1. The minimum Gasteiger partial charge on any atom is -0.450 e. The standard InChI is InChI=1S/C21H29N4O6/c1-3-31-21(29)24-19(22)15-6-4-14(5-7-15)18(27)17(23-10-13-30-2)20(28)25-11-8-16(26)9-12-25/h4-7,16-17,23H,3,8-13H2,1-2H3,(H2,22,24,29). The van der Waals surface area contributed by atoms with E-state index in [0.29, 0.717) is 44.6 Å². The van der Waals surface area contributed by atoms with E-state index < -0.39 is 24.0 Å². The predicted molar refractivity (Wildman–Crippen MR) is 112 cm³/mol. The van der Waals surface area contributed by atoms with E-state index in [2.05, 4.69) is 10.6 Å². The summed E-state index contributed by atoms with van der Waals surface area (Å²) in [6.45, 7) is 3.14. The molecule has 3 N–H and O–H groups in total. The molecule has 0 bridgehead atoms. The Labute approximate surface area is 181 Å². The van der Waals surface area contributed by atoms with Crippen LogP contribution in [0.15, 0.2) is 24.3 Å². The van der Waals surface area contributed by atoms with Crippen molar-refractivity contribution in [1.29, 1.82) is 5.41 Å². The highest BCUT2D eigenvalue weighted by Gasteiger charge is 2.33. The second kappa shape index (κ2) is 12.1. The van der Waals surface area contributed by atoms with E-state index in [0.717, 1.165) is 0 Å². The minimum atomic E-state index is -1.10. The molecule has 1 aromatic rings. The van der Waals surface area contributed by atoms with Crippen LogP contribution in [0.25, 0.3) is 0 Å². The fraction of sp³-hybridized carbons (Fsp3) is 0.524. The molecule has 10 nitrogen and oxygen atoms in total. The van der Waals surface area contributed by atoms with Crippen molar-refractivity contribution < 1.29 is 29.0 Å². The third-order valence-corrected chi connectivity index (χ3v) is 4.88. The van der Waals surface area contributed by atoms with Gasteiger partial charge in [0.2, 0.25) is 5.91 Å². The molecule has 1 aromatic carbocycles. The third kappa shape index (κ3) is 7.12. The number of Topliss-reactive ketones (excluding diaryl/α,β-unsaturated/α-hetero) is 1. The van der Waals surface area contributed by atoms with Gasteiger partial charge in [0.25, 0.3) is 0 Å². The first kappa shape index (κ1) is 24.4. The van der Waals surface area contributed by atoms with Gasteiger partial charge in [0.15, 0.2) is 11.8 Å². The Kier molecular flexibility index (Phi) is 9.57. The summed E-state index contributed by atoms with van der Waals surface area (Å²) in [6.07, 6.45) is -0.669. The fourth-order valence-corrected chi connectivity index (χ4v) is 3.17. The van der Waals surface area contributed by atoms with Gasteiger partial charge in [0.1, 0.15) is 5.84 Å². The van der Waals surface area contributed by atoms with Gasteiger partial charge in [0.05, 0.1) is 19.3 Å². The second-order valence-corrected chi connectivity index (χ2v) is 7.07. The van der Waals surface area contributed by atoms with Crippen LogP contribution in [0, 0.1) is 5.41 Å². The van der Waals surface area contributed by atoms with E-state index in [1.165, 1.54) is 31.4 Å². The fourth-order valence-electron chi connectivity index (χ4n) is 3.17. The summed E-state index contributed by atoms with van der Waals surface area (Å²) >= 11 is 0. The van der Waals surface area contributed by atoms with Gasteiger partial charge in [-0.15, -0.1) is 0 Å². The highest BCUT2D eigenvalue weighted by molar-refractivity contribution is 6.14. The van der Waals surface area contributed by atoms with Gasteiger partial charge in [-0.25, -0.2) is 9.90 Å². The summed E-state index contributed by atoms with van der Waals surface area (Å²) in [7, 11) is 1.53. The summed E-state index contributed by atoms with van der Waals surface area (Å²) in [5.74, 6) is -0.945. The number of ketones is 1. The Morgan fingerprint density at radius 3 is 2.35 bits per heavy atom. The molecule has 0 aliphatic carbocycles. The van der Waals surface area contributed by atoms with Gasteiger partial charge in [-0.3, -0.25) is 25.6 Å². The first-order valence-corrected chi connectivity index (χ1v) is 10.2. The number of nitrogens with one attached hydrogen (secondary N) is 3. The molecule has 31 heavy (non-hydrogen) atoms. The molecular weight excluding hydrogens is 404 g/mol. The number of likely N-dealkylation sites (tertiary alicyclic amines) is 1. The number of carbonyl (C=O) groups excluding carboxylic acids is 3. The number of nitrogens with zero attached hydrogens (tertiary/aromatic N) is 1. The number of hydrogen-bond donors (Lipinski definition) is 3. The van der Waals surface area contributed by atoms with Crippen molar-refractivity contribution >= 4 is 23.6 Å². The van der Waals surface area contributed by atoms with Crippen molar-refractivity contribution in [2.24, 2.45) is 0 Å². The number of hydrogen-bond acceptors (Lipinski definition) is 7. The maximum atomic E-state index is 13.1. The summed E-state index contributed by atoms with van der Waals surface area (Å²) in [5.41, 5.74) is 0.673.